The third-order valence-electron chi connectivity index (χ3n) is 4.87. The fourth-order valence-electron chi connectivity index (χ4n) is 3.31. The standard InChI is InChI=1S/C22H17FN4O3S/c1-26-21(30)17(20(29)25-22(26)31)10-13-11-27(18-5-3-2-4-16(13)18)12-19(28)24-15-8-6-14(23)7-9-15/h2-11H,12H2,1H3,(H,24,28)(H,25,29,31)/b17-10-. The van der Waals surface area contributed by atoms with E-state index in [1.54, 1.807) is 10.8 Å². The molecule has 2 N–H and O–H groups in total. The zero-order chi connectivity index (χ0) is 22.1. The van der Waals surface area contributed by atoms with Crippen molar-refractivity contribution in [2.75, 3.05) is 12.4 Å². The summed E-state index contributed by atoms with van der Waals surface area (Å²) >= 11 is 4.97. The first kappa shape index (κ1) is 20.4. The number of halogens is 1. The lowest BCUT2D eigenvalue weighted by molar-refractivity contribution is -0.128. The summed E-state index contributed by atoms with van der Waals surface area (Å²) in [5.74, 6) is -1.76. The Balaban J connectivity index is 1.65. The maximum atomic E-state index is 13.1. The molecule has 0 saturated carbocycles. The molecule has 0 aliphatic carbocycles. The van der Waals surface area contributed by atoms with Crippen molar-refractivity contribution in [2.24, 2.45) is 0 Å². The van der Waals surface area contributed by atoms with Crippen LogP contribution in [0.2, 0.25) is 0 Å². The number of likely N-dealkylation sites (N-methyl/N-ethyl adjacent to an activating group) is 1. The molecule has 0 radical (unpaired) electrons. The average Bonchev–Trinajstić information content (AvgIpc) is 3.08. The molecular formula is C22H17FN4O3S. The minimum atomic E-state index is -0.570. The Hall–Kier alpha value is -3.85. The summed E-state index contributed by atoms with van der Waals surface area (Å²) < 4.78 is 14.8. The van der Waals surface area contributed by atoms with Crippen LogP contribution in [0.3, 0.4) is 0 Å². The van der Waals surface area contributed by atoms with Crippen LogP contribution in [0, 0.1) is 5.82 Å². The van der Waals surface area contributed by atoms with E-state index in [0.29, 0.717) is 11.3 Å². The molecule has 1 aromatic heterocycles. The maximum absolute atomic E-state index is 13.1. The molecular weight excluding hydrogens is 419 g/mol. The highest BCUT2D eigenvalue weighted by molar-refractivity contribution is 7.80. The Kier molecular flexibility index (Phi) is 5.35. The smallest absolute Gasteiger partial charge is 0.265 e. The first-order chi connectivity index (χ1) is 14.8. The van der Waals surface area contributed by atoms with Gasteiger partial charge in [-0.3, -0.25) is 24.6 Å². The molecule has 2 heterocycles. The van der Waals surface area contributed by atoms with Gasteiger partial charge in [0.1, 0.15) is 17.9 Å². The SMILES string of the molecule is CN1C(=O)/C(=C\c2cn(CC(=O)Nc3ccc(F)cc3)c3ccccc23)C(=O)NC1=S. The van der Waals surface area contributed by atoms with Gasteiger partial charge in [-0.15, -0.1) is 0 Å². The Bertz CT molecular complexity index is 1260. The summed E-state index contributed by atoms with van der Waals surface area (Å²) in [6, 6.07) is 12.8. The van der Waals surface area contributed by atoms with Crippen LogP contribution >= 0.6 is 12.2 Å². The fourth-order valence-corrected chi connectivity index (χ4v) is 3.49. The van der Waals surface area contributed by atoms with Crippen LogP contribution in [-0.2, 0) is 20.9 Å². The number of nitrogens with zero attached hydrogens (tertiary/aromatic N) is 2. The summed E-state index contributed by atoms with van der Waals surface area (Å²) in [6.07, 6.45) is 3.20. The van der Waals surface area contributed by atoms with Crippen molar-refractivity contribution in [1.82, 2.24) is 14.8 Å². The first-order valence-electron chi connectivity index (χ1n) is 9.32. The fraction of sp³-hybridized carbons (Fsp3) is 0.0909. The molecule has 9 heteroatoms. The lowest BCUT2D eigenvalue weighted by atomic mass is 10.1. The number of fused-ring (bicyclic) bond motifs is 1. The predicted octanol–water partition coefficient (Wildman–Crippen LogP) is 2.68. The molecule has 1 fully saturated rings. The van der Waals surface area contributed by atoms with Crippen molar-refractivity contribution in [3.05, 3.63) is 71.7 Å². The van der Waals surface area contributed by atoms with E-state index in [0.717, 1.165) is 10.9 Å². The number of anilines is 1. The molecule has 2 aromatic carbocycles. The zero-order valence-corrected chi connectivity index (χ0v) is 17.2. The highest BCUT2D eigenvalue weighted by Crippen LogP contribution is 2.25. The van der Waals surface area contributed by atoms with Gasteiger partial charge in [0.2, 0.25) is 5.91 Å². The Morgan fingerprint density at radius 1 is 1.16 bits per heavy atom. The van der Waals surface area contributed by atoms with Crippen LogP contribution in [0.4, 0.5) is 10.1 Å². The summed E-state index contributed by atoms with van der Waals surface area (Å²) in [6.45, 7) is -0.00874. The van der Waals surface area contributed by atoms with Gasteiger partial charge in [0.05, 0.1) is 0 Å². The van der Waals surface area contributed by atoms with E-state index in [1.165, 1.54) is 42.3 Å². The molecule has 0 unspecified atom stereocenters. The highest BCUT2D eigenvalue weighted by atomic mass is 32.1. The number of hydrogen-bond acceptors (Lipinski definition) is 4. The topological polar surface area (TPSA) is 83.4 Å². The van der Waals surface area contributed by atoms with Crippen LogP contribution in [0.25, 0.3) is 17.0 Å². The molecule has 1 saturated heterocycles. The number of carbonyl (C=O) groups is 3. The molecule has 3 amide bonds. The van der Waals surface area contributed by atoms with Gasteiger partial charge in [-0.05, 0) is 48.6 Å². The number of thiocarbonyl (C=S) groups is 1. The van der Waals surface area contributed by atoms with Crippen LogP contribution in [0.5, 0.6) is 0 Å². The van der Waals surface area contributed by atoms with Crippen molar-refractivity contribution >= 4 is 57.7 Å². The number of benzene rings is 2. The van der Waals surface area contributed by atoms with Crippen molar-refractivity contribution in [1.29, 1.82) is 0 Å². The molecule has 1 aliphatic rings. The molecule has 0 spiro atoms. The third kappa shape index (κ3) is 4.08. The molecule has 0 bridgehead atoms. The van der Waals surface area contributed by atoms with Gasteiger partial charge in [0.25, 0.3) is 11.8 Å². The van der Waals surface area contributed by atoms with Crippen molar-refractivity contribution < 1.29 is 18.8 Å². The van der Waals surface area contributed by atoms with Gasteiger partial charge in [-0.1, -0.05) is 18.2 Å². The quantitative estimate of drug-likeness (QED) is 0.374. The van der Waals surface area contributed by atoms with E-state index in [-0.39, 0.29) is 29.0 Å². The largest absolute Gasteiger partial charge is 0.337 e. The Morgan fingerprint density at radius 3 is 2.61 bits per heavy atom. The summed E-state index contributed by atoms with van der Waals surface area (Å²) in [5.41, 5.74) is 1.81. The van der Waals surface area contributed by atoms with Gasteiger partial charge in [-0.25, -0.2) is 4.39 Å². The lowest BCUT2D eigenvalue weighted by Gasteiger charge is -2.24. The van der Waals surface area contributed by atoms with E-state index in [2.05, 4.69) is 10.6 Å². The van der Waals surface area contributed by atoms with Crippen LogP contribution in [0.15, 0.2) is 60.3 Å². The number of amides is 3. The molecule has 31 heavy (non-hydrogen) atoms. The minimum Gasteiger partial charge on any atom is -0.337 e. The van der Waals surface area contributed by atoms with Gasteiger partial charge in [0, 0.05) is 35.4 Å². The lowest BCUT2D eigenvalue weighted by Crippen LogP contribution is -2.52. The number of carbonyl (C=O) groups excluding carboxylic acids is 3. The van der Waals surface area contributed by atoms with Crippen LogP contribution in [-0.4, -0.2) is 39.3 Å². The number of aromatic nitrogens is 1. The number of rotatable bonds is 4. The maximum Gasteiger partial charge on any atom is 0.265 e. The van der Waals surface area contributed by atoms with E-state index in [9.17, 15) is 18.8 Å². The number of para-hydroxylation sites is 1. The third-order valence-corrected chi connectivity index (χ3v) is 5.24. The van der Waals surface area contributed by atoms with Gasteiger partial charge in [0.15, 0.2) is 5.11 Å². The van der Waals surface area contributed by atoms with E-state index in [4.69, 9.17) is 12.2 Å². The van der Waals surface area contributed by atoms with Crippen LogP contribution in [0.1, 0.15) is 5.56 Å². The van der Waals surface area contributed by atoms with Gasteiger partial charge < -0.3 is 9.88 Å². The number of nitrogens with one attached hydrogen (secondary N) is 2. The molecule has 4 rings (SSSR count). The van der Waals surface area contributed by atoms with Crippen molar-refractivity contribution in [3.8, 4) is 0 Å². The van der Waals surface area contributed by atoms with Gasteiger partial charge >= 0.3 is 0 Å². The monoisotopic (exact) mass is 436 g/mol. The normalized spacial score (nSPS) is 15.5. The average molecular weight is 436 g/mol. The Labute approximate surface area is 182 Å². The van der Waals surface area contributed by atoms with E-state index >= 15 is 0 Å². The zero-order valence-electron chi connectivity index (χ0n) is 16.4. The summed E-state index contributed by atoms with van der Waals surface area (Å²) in [4.78, 5) is 38.5. The highest BCUT2D eigenvalue weighted by Gasteiger charge is 2.31. The van der Waals surface area contributed by atoms with E-state index < -0.39 is 11.8 Å². The molecule has 3 aromatic rings. The van der Waals surface area contributed by atoms with E-state index in [1.807, 2.05) is 24.3 Å². The van der Waals surface area contributed by atoms with Crippen molar-refractivity contribution in [2.45, 2.75) is 6.54 Å². The molecule has 156 valence electrons. The van der Waals surface area contributed by atoms with Crippen LogP contribution < -0.4 is 10.6 Å². The first-order valence-corrected chi connectivity index (χ1v) is 9.72. The summed E-state index contributed by atoms with van der Waals surface area (Å²) in [5, 5.41) is 6.02. The second-order valence-electron chi connectivity index (χ2n) is 6.97. The molecule has 0 atom stereocenters. The molecule has 1 aliphatic heterocycles. The Morgan fingerprint density at radius 2 is 1.87 bits per heavy atom. The minimum absolute atomic E-state index is 0.00874. The van der Waals surface area contributed by atoms with Gasteiger partial charge in [-0.2, -0.15) is 0 Å². The molecule has 7 nitrogen and oxygen atoms in total. The van der Waals surface area contributed by atoms with Crippen molar-refractivity contribution in [3.63, 3.8) is 0 Å². The summed E-state index contributed by atoms with van der Waals surface area (Å²) in [7, 11) is 1.49. The second-order valence-corrected chi connectivity index (χ2v) is 7.35. The number of hydrogen-bond donors (Lipinski definition) is 2. The predicted molar refractivity (Wildman–Crippen MR) is 118 cm³/mol. The second kappa shape index (κ2) is 8.11.